The molecule has 1 saturated heterocycles. The maximum atomic E-state index is 12.3. The molecule has 21 heavy (non-hydrogen) atoms. The normalized spacial score (nSPS) is 18.0. The smallest absolute Gasteiger partial charge is 0.178 e. The molecular weight excluding hydrogens is 314 g/mol. The van der Waals surface area contributed by atoms with Crippen LogP contribution < -0.4 is 0 Å². The van der Waals surface area contributed by atoms with Crippen LogP contribution in [0.25, 0.3) is 0 Å². The number of hydrogen-bond donors (Lipinski definition) is 1. The number of halogens is 1. The van der Waals surface area contributed by atoms with E-state index in [2.05, 4.69) is 4.90 Å². The fourth-order valence-corrected chi connectivity index (χ4v) is 4.00. The van der Waals surface area contributed by atoms with Gasteiger partial charge < -0.3 is 9.84 Å². The number of benzene rings is 1. The number of sulfone groups is 1. The molecule has 120 valence electrons. The fourth-order valence-electron chi connectivity index (χ4n) is 2.40. The molecule has 2 rings (SSSR count). The van der Waals surface area contributed by atoms with Crippen molar-refractivity contribution in [2.24, 2.45) is 5.92 Å². The lowest BCUT2D eigenvalue weighted by Gasteiger charge is -2.29. The van der Waals surface area contributed by atoms with Crippen LogP contribution >= 0.6 is 12.4 Å². The Kier molecular flexibility index (Phi) is 6.93. The maximum Gasteiger partial charge on any atom is 0.178 e. The molecule has 0 bridgehead atoms. The summed E-state index contributed by atoms with van der Waals surface area (Å²) in [5.41, 5.74) is 0. The highest BCUT2D eigenvalue weighted by molar-refractivity contribution is 7.91. The van der Waals surface area contributed by atoms with Crippen LogP contribution in [-0.4, -0.2) is 57.0 Å². The topological polar surface area (TPSA) is 66.8 Å². The third-order valence-electron chi connectivity index (χ3n) is 3.37. The highest BCUT2D eigenvalue weighted by Crippen LogP contribution is 2.18. The summed E-state index contributed by atoms with van der Waals surface area (Å²) in [6.07, 6.45) is 0. The lowest BCUT2D eigenvalue weighted by Crippen LogP contribution is -2.40. The second-order valence-electron chi connectivity index (χ2n) is 5.29. The van der Waals surface area contributed by atoms with Gasteiger partial charge in [0.05, 0.1) is 23.9 Å². The van der Waals surface area contributed by atoms with Crippen LogP contribution in [0, 0.1) is 5.92 Å². The third-order valence-corrected chi connectivity index (χ3v) is 5.37. The maximum absolute atomic E-state index is 12.3. The van der Waals surface area contributed by atoms with Crippen molar-refractivity contribution in [2.45, 2.75) is 11.8 Å². The quantitative estimate of drug-likeness (QED) is 0.884. The predicted molar refractivity (Wildman–Crippen MR) is 83.8 cm³/mol. The molecule has 0 amide bonds. The van der Waals surface area contributed by atoms with Gasteiger partial charge in [0, 0.05) is 19.6 Å². The average molecular weight is 336 g/mol. The Morgan fingerprint density at radius 1 is 1.24 bits per heavy atom. The lowest BCUT2D eigenvalue weighted by atomic mass is 10.2. The molecule has 7 heteroatoms. The Labute approximate surface area is 132 Å². The fraction of sp³-hybridized carbons (Fsp3) is 0.571. The first kappa shape index (κ1) is 18.2. The molecule has 0 aromatic heterocycles. The zero-order chi connectivity index (χ0) is 14.6. The molecule has 5 nitrogen and oxygen atoms in total. The van der Waals surface area contributed by atoms with Crippen LogP contribution in [0.5, 0.6) is 5.75 Å². The van der Waals surface area contributed by atoms with Gasteiger partial charge in [0.25, 0.3) is 0 Å². The SMILES string of the molecule is CC(CN1CCOCC1)CS(=O)(=O)c1ccc(O)cc1.Cl. The summed E-state index contributed by atoms with van der Waals surface area (Å²) < 4.78 is 29.8. The number of phenols is 1. The largest absolute Gasteiger partial charge is 0.508 e. The molecule has 1 atom stereocenters. The number of rotatable bonds is 5. The van der Waals surface area contributed by atoms with Crippen molar-refractivity contribution < 1.29 is 18.3 Å². The Bertz CT molecular complexity index is 526. The molecule has 0 spiro atoms. The minimum atomic E-state index is -3.30. The van der Waals surface area contributed by atoms with Crippen LogP contribution in [0.3, 0.4) is 0 Å². The van der Waals surface area contributed by atoms with Crippen molar-refractivity contribution in [3.8, 4) is 5.75 Å². The van der Waals surface area contributed by atoms with E-state index in [9.17, 15) is 13.5 Å². The lowest BCUT2D eigenvalue weighted by molar-refractivity contribution is 0.0330. The molecule has 1 fully saturated rings. The van der Waals surface area contributed by atoms with Gasteiger partial charge in [0.2, 0.25) is 0 Å². The van der Waals surface area contributed by atoms with Gasteiger partial charge in [-0.1, -0.05) is 6.92 Å². The van der Waals surface area contributed by atoms with Gasteiger partial charge in [0.15, 0.2) is 9.84 Å². The van der Waals surface area contributed by atoms with E-state index in [0.29, 0.717) is 0 Å². The summed E-state index contributed by atoms with van der Waals surface area (Å²) in [4.78, 5) is 2.50. The van der Waals surface area contributed by atoms with E-state index >= 15 is 0 Å². The Balaban J connectivity index is 0.00000220. The second-order valence-corrected chi connectivity index (χ2v) is 7.33. The molecule has 1 aliphatic heterocycles. The second kappa shape index (κ2) is 7.98. The molecule has 0 radical (unpaired) electrons. The molecule has 1 aromatic rings. The van der Waals surface area contributed by atoms with Crippen LogP contribution in [-0.2, 0) is 14.6 Å². The van der Waals surface area contributed by atoms with Gasteiger partial charge in [-0.2, -0.15) is 0 Å². The van der Waals surface area contributed by atoms with Gasteiger partial charge in [-0.3, -0.25) is 4.90 Å². The van der Waals surface area contributed by atoms with Crippen molar-refractivity contribution in [3.63, 3.8) is 0 Å². The highest BCUT2D eigenvalue weighted by Gasteiger charge is 2.21. The van der Waals surface area contributed by atoms with Gasteiger partial charge in [0.1, 0.15) is 5.75 Å². The Hall–Kier alpha value is -0.820. The van der Waals surface area contributed by atoms with Crippen molar-refractivity contribution in [2.75, 3.05) is 38.6 Å². The van der Waals surface area contributed by atoms with Crippen molar-refractivity contribution in [1.29, 1.82) is 0 Å². The molecule has 0 saturated carbocycles. The Morgan fingerprint density at radius 3 is 2.38 bits per heavy atom. The zero-order valence-electron chi connectivity index (χ0n) is 12.1. The van der Waals surface area contributed by atoms with Crippen LogP contribution in [0.4, 0.5) is 0 Å². The number of ether oxygens (including phenoxy) is 1. The highest BCUT2D eigenvalue weighted by atomic mass is 35.5. The first-order valence-corrected chi connectivity index (χ1v) is 8.44. The minimum Gasteiger partial charge on any atom is -0.508 e. The van der Waals surface area contributed by atoms with Crippen molar-refractivity contribution in [3.05, 3.63) is 24.3 Å². The summed E-state index contributed by atoms with van der Waals surface area (Å²) in [7, 11) is -3.30. The first-order chi connectivity index (χ1) is 9.47. The number of nitrogens with zero attached hydrogens (tertiary/aromatic N) is 1. The molecule has 0 aliphatic carbocycles. The summed E-state index contributed by atoms with van der Waals surface area (Å²) in [6.45, 7) is 5.89. The van der Waals surface area contributed by atoms with E-state index in [4.69, 9.17) is 4.74 Å². The van der Waals surface area contributed by atoms with E-state index in [1.165, 1.54) is 24.3 Å². The van der Waals surface area contributed by atoms with Crippen molar-refractivity contribution in [1.82, 2.24) is 4.90 Å². The average Bonchev–Trinajstić information content (AvgIpc) is 2.39. The van der Waals surface area contributed by atoms with E-state index in [1.807, 2.05) is 6.92 Å². The summed E-state index contributed by atoms with van der Waals surface area (Å²) in [6, 6.07) is 5.71. The molecule has 1 heterocycles. The molecule has 1 unspecified atom stereocenters. The van der Waals surface area contributed by atoms with Gasteiger partial charge >= 0.3 is 0 Å². The zero-order valence-corrected chi connectivity index (χ0v) is 13.7. The van der Waals surface area contributed by atoms with Gasteiger partial charge in [-0.25, -0.2) is 8.42 Å². The molecular formula is C14H22ClNO4S. The van der Waals surface area contributed by atoms with Crippen LogP contribution in [0.1, 0.15) is 6.92 Å². The molecule has 1 aliphatic rings. The Morgan fingerprint density at radius 2 is 1.81 bits per heavy atom. The van der Waals surface area contributed by atoms with Crippen LogP contribution in [0.2, 0.25) is 0 Å². The van der Waals surface area contributed by atoms with Gasteiger partial charge in [-0.05, 0) is 30.2 Å². The first-order valence-electron chi connectivity index (χ1n) is 6.79. The summed E-state index contributed by atoms with van der Waals surface area (Å²) >= 11 is 0. The predicted octanol–water partition coefficient (Wildman–Crippen LogP) is 1.56. The standard InChI is InChI=1S/C14H21NO4S.ClH/c1-12(10-15-6-8-19-9-7-15)11-20(17,18)14-4-2-13(16)3-5-14;/h2-5,12,16H,6-11H2,1H3;1H. The number of aromatic hydroxyl groups is 1. The number of morpholine rings is 1. The third kappa shape index (κ3) is 5.47. The summed E-state index contributed by atoms with van der Waals surface area (Å²) in [5, 5.41) is 9.21. The van der Waals surface area contributed by atoms with Crippen LogP contribution in [0.15, 0.2) is 29.2 Å². The van der Waals surface area contributed by atoms with Crippen molar-refractivity contribution >= 4 is 22.2 Å². The molecule has 1 aromatic carbocycles. The summed E-state index contributed by atoms with van der Waals surface area (Å²) in [5.74, 6) is 0.256. The van der Waals surface area contributed by atoms with Gasteiger partial charge in [-0.15, -0.1) is 12.4 Å². The minimum absolute atomic E-state index is 0. The van der Waals surface area contributed by atoms with E-state index < -0.39 is 9.84 Å². The van der Waals surface area contributed by atoms with E-state index in [1.54, 1.807) is 0 Å². The number of hydrogen-bond acceptors (Lipinski definition) is 5. The van der Waals surface area contributed by atoms with E-state index in [-0.39, 0.29) is 34.7 Å². The molecule has 1 N–H and O–H groups in total. The number of phenolic OH excluding ortho intramolecular Hbond substituents is 1. The monoisotopic (exact) mass is 335 g/mol. The van der Waals surface area contributed by atoms with E-state index in [0.717, 1.165) is 32.8 Å².